The van der Waals surface area contributed by atoms with Crippen molar-refractivity contribution in [3.63, 3.8) is 0 Å². The molecule has 126 valence electrons. The Balaban J connectivity index is 1.70. The topological polar surface area (TPSA) is 66.5 Å². The molecule has 0 aromatic heterocycles. The summed E-state index contributed by atoms with van der Waals surface area (Å²) >= 11 is 6.72. The SMILES string of the molecule is O=C(CN1C(=O)S/C(=C/c2cccc(Cl)c2)C1=O)Nc1ccccc1. The maximum absolute atomic E-state index is 12.4. The van der Waals surface area contributed by atoms with E-state index in [-0.39, 0.29) is 11.4 Å². The first-order chi connectivity index (χ1) is 12.0. The molecule has 1 N–H and O–H groups in total. The molecular formula is C18H13ClN2O3S. The summed E-state index contributed by atoms with van der Waals surface area (Å²) < 4.78 is 0. The maximum Gasteiger partial charge on any atom is 0.294 e. The van der Waals surface area contributed by atoms with Gasteiger partial charge in [0, 0.05) is 10.7 Å². The molecule has 3 amide bonds. The van der Waals surface area contributed by atoms with Crippen molar-refractivity contribution in [2.75, 3.05) is 11.9 Å². The summed E-state index contributed by atoms with van der Waals surface area (Å²) in [7, 11) is 0. The number of nitrogens with zero attached hydrogens (tertiary/aromatic N) is 1. The Bertz CT molecular complexity index is 868. The lowest BCUT2D eigenvalue weighted by atomic mass is 10.2. The largest absolute Gasteiger partial charge is 0.325 e. The molecule has 2 aromatic carbocycles. The molecule has 0 unspecified atom stereocenters. The van der Waals surface area contributed by atoms with Gasteiger partial charge in [0.1, 0.15) is 6.54 Å². The number of anilines is 1. The molecule has 0 aliphatic carbocycles. The normalized spacial score (nSPS) is 15.7. The monoisotopic (exact) mass is 372 g/mol. The van der Waals surface area contributed by atoms with Crippen LogP contribution in [0.3, 0.4) is 0 Å². The Labute approximate surface area is 153 Å². The van der Waals surface area contributed by atoms with Crippen LogP contribution in [0.25, 0.3) is 6.08 Å². The van der Waals surface area contributed by atoms with Gasteiger partial charge >= 0.3 is 0 Å². The Kier molecular flexibility index (Phi) is 5.21. The second-order valence-corrected chi connectivity index (χ2v) is 6.67. The van der Waals surface area contributed by atoms with E-state index in [1.165, 1.54) is 0 Å². The van der Waals surface area contributed by atoms with E-state index in [1.807, 2.05) is 6.07 Å². The van der Waals surface area contributed by atoms with Crippen molar-refractivity contribution in [2.24, 2.45) is 0 Å². The van der Waals surface area contributed by atoms with Gasteiger partial charge in [-0.25, -0.2) is 0 Å². The van der Waals surface area contributed by atoms with Crippen LogP contribution in [0.4, 0.5) is 10.5 Å². The molecule has 3 rings (SSSR count). The van der Waals surface area contributed by atoms with Gasteiger partial charge in [-0.05, 0) is 47.7 Å². The molecule has 0 spiro atoms. The van der Waals surface area contributed by atoms with Crippen LogP contribution in [0.2, 0.25) is 5.02 Å². The number of rotatable bonds is 4. The predicted octanol–water partition coefficient (Wildman–Crippen LogP) is 4.02. The molecule has 0 radical (unpaired) electrons. The number of carbonyl (C=O) groups excluding carboxylic acids is 3. The Morgan fingerprint density at radius 1 is 1.12 bits per heavy atom. The molecule has 25 heavy (non-hydrogen) atoms. The predicted molar refractivity (Wildman–Crippen MR) is 99.2 cm³/mol. The Morgan fingerprint density at radius 3 is 2.60 bits per heavy atom. The van der Waals surface area contributed by atoms with Gasteiger partial charge in [-0.2, -0.15) is 0 Å². The van der Waals surface area contributed by atoms with E-state index in [4.69, 9.17) is 11.6 Å². The average molecular weight is 373 g/mol. The first kappa shape index (κ1) is 17.3. The van der Waals surface area contributed by atoms with Gasteiger partial charge in [0.15, 0.2) is 0 Å². The van der Waals surface area contributed by atoms with Crippen LogP contribution in [0.15, 0.2) is 59.5 Å². The summed E-state index contributed by atoms with van der Waals surface area (Å²) in [6.07, 6.45) is 1.59. The molecule has 0 saturated carbocycles. The fraction of sp³-hybridized carbons (Fsp3) is 0.0556. The van der Waals surface area contributed by atoms with Crippen LogP contribution in [0.5, 0.6) is 0 Å². The van der Waals surface area contributed by atoms with Gasteiger partial charge in [0.05, 0.1) is 4.91 Å². The number of hydrogen-bond donors (Lipinski definition) is 1. The zero-order chi connectivity index (χ0) is 17.8. The quantitative estimate of drug-likeness (QED) is 0.823. The number of benzene rings is 2. The van der Waals surface area contributed by atoms with E-state index in [1.54, 1.807) is 54.6 Å². The second kappa shape index (κ2) is 7.55. The van der Waals surface area contributed by atoms with Crippen LogP contribution in [-0.4, -0.2) is 28.5 Å². The zero-order valence-corrected chi connectivity index (χ0v) is 14.5. The maximum atomic E-state index is 12.4. The summed E-state index contributed by atoms with van der Waals surface area (Å²) in [6, 6.07) is 15.8. The van der Waals surface area contributed by atoms with Gasteiger partial charge in [0.25, 0.3) is 11.1 Å². The van der Waals surface area contributed by atoms with Crippen LogP contribution < -0.4 is 5.32 Å². The van der Waals surface area contributed by atoms with Gasteiger partial charge in [-0.1, -0.05) is 41.9 Å². The molecule has 1 aliphatic heterocycles. The summed E-state index contributed by atoms with van der Waals surface area (Å²) in [5.41, 5.74) is 1.32. The number of hydrogen-bond acceptors (Lipinski definition) is 4. The van der Waals surface area contributed by atoms with E-state index in [0.29, 0.717) is 16.3 Å². The van der Waals surface area contributed by atoms with Gasteiger partial charge in [0.2, 0.25) is 5.91 Å². The minimum atomic E-state index is -0.488. The molecular weight excluding hydrogens is 360 g/mol. The molecule has 0 bridgehead atoms. The minimum absolute atomic E-state index is 0.264. The van der Waals surface area contributed by atoms with Crippen molar-refractivity contribution in [2.45, 2.75) is 0 Å². The van der Waals surface area contributed by atoms with Crippen molar-refractivity contribution in [1.29, 1.82) is 0 Å². The summed E-state index contributed by atoms with van der Waals surface area (Å²) in [4.78, 5) is 37.7. The number of halogens is 1. The third-order valence-corrected chi connectivity index (χ3v) is 4.52. The minimum Gasteiger partial charge on any atom is -0.325 e. The molecule has 2 aromatic rings. The molecule has 1 saturated heterocycles. The highest BCUT2D eigenvalue weighted by molar-refractivity contribution is 8.18. The van der Waals surface area contributed by atoms with Gasteiger partial charge in [-0.15, -0.1) is 0 Å². The Morgan fingerprint density at radius 2 is 1.88 bits per heavy atom. The summed E-state index contributed by atoms with van der Waals surface area (Å²) in [5.74, 6) is -0.921. The first-order valence-corrected chi connectivity index (χ1v) is 8.58. The third kappa shape index (κ3) is 4.29. The van der Waals surface area contributed by atoms with Crippen LogP contribution in [-0.2, 0) is 9.59 Å². The highest BCUT2D eigenvalue weighted by Crippen LogP contribution is 2.32. The van der Waals surface area contributed by atoms with E-state index in [9.17, 15) is 14.4 Å². The molecule has 1 fully saturated rings. The van der Waals surface area contributed by atoms with Crippen LogP contribution in [0.1, 0.15) is 5.56 Å². The third-order valence-electron chi connectivity index (χ3n) is 3.38. The number of imide groups is 1. The number of carbonyl (C=O) groups is 3. The lowest BCUT2D eigenvalue weighted by Gasteiger charge is -2.12. The smallest absolute Gasteiger partial charge is 0.294 e. The van der Waals surface area contributed by atoms with Crippen molar-refractivity contribution < 1.29 is 14.4 Å². The highest BCUT2D eigenvalue weighted by atomic mass is 35.5. The molecule has 7 heteroatoms. The van der Waals surface area contributed by atoms with Crippen molar-refractivity contribution >= 4 is 52.2 Å². The second-order valence-electron chi connectivity index (χ2n) is 5.24. The van der Waals surface area contributed by atoms with Gasteiger partial charge < -0.3 is 5.32 Å². The lowest BCUT2D eigenvalue weighted by Crippen LogP contribution is -2.36. The Hall–Kier alpha value is -2.57. The molecule has 1 aliphatic rings. The van der Waals surface area contributed by atoms with Gasteiger partial charge in [-0.3, -0.25) is 19.3 Å². The number of para-hydroxylation sites is 1. The average Bonchev–Trinajstić information content (AvgIpc) is 2.83. The van der Waals surface area contributed by atoms with Crippen LogP contribution >= 0.6 is 23.4 Å². The number of nitrogens with one attached hydrogen (secondary N) is 1. The van der Waals surface area contributed by atoms with Crippen molar-refractivity contribution in [3.05, 3.63) is 70.1 Å². The van der Waals surface area contributed by atoms with E-state index >= 15 is 0 Å². The molecule has 1 heterocycles. The van der Waals surface area contributed by atoms with Crippen molar-refractivity contribution in [1.82, 2.24) is 4.90 Å². The highest BCUT2D eigenvalue weighted by Gasteiger charge is 2.36. The zero-order valence-electron chi connectivity index (χ0n) is 12.9. The summed E-state index contributed by atoms with van der Waals surface area (Å²) in [6.45, 7) is -0.327. The van der Waals surface area contributed by atoms with E-state index < -0.39 is 17.1 Å². The fourth-order valence-electron chi connectivity index (χ4n) is 2.25. The van der Waals surface area contributed by atoms with Crippen LogP contribution in [0, 0.1) is 0 Å². The summed E-state index contributed by atoms with van der Waals surface area (Å²) in [5, 5.41) is 2.72. The first-order valence-electron chi connectivity index (χ1n) is 7.39. The molecule has 0 atom stereocenters. The number of thioether (sulfide) groups is 1. The van der Waals surface area contributed by atoms with E-state index in [0.717, 1.165) is 16.7 Å². The molecule has 5 nitrogen and oxygen atoms in total. The van der Waals surface area contributed by atoms with E-state index in [2.05, 4.69) is 5.32 Å². The standard InChI is InChI=1S/C18H13ClN2O3S/c19-13-6-4-5-12(9-13)10-15-17(23)21(18(24)25-15)11-16(22)20-14-7-2-1-3-8-14/h1-10H,11H2,(H,20,22)/b15-10+. The number of amides is 3. The lowest BCUT2D eigenvalue weighted by molar-refractivity contribution is -0.127. The van der Waals surface area contributed by atoms with Crippen molar-refractivity contribution in [3.8, 4) is 0 Å². The fourth-order valence-corrected chi connectivity index (χ4v) is 3.29.